The van der Waals surface area contributed by atoms with Gasteiger partial charge in [0.2, 0.25) is 11.8 Å². The fourth-order valence-corrected chi connectivity index (χ4v) is 1.54. The molecule has 138 valence electrons. The molecule has 2 N–H and O–H groups in total. The lowest BCUT2D eigenvalue weighted by atomic mass is 10.2. The molecule has 0 aliphatic carbocycles. The second-order valence-corrected chi connectivity index (χ2v) is 5.47. The number of hydrogen-bond acceptors (Lipinski definition) is 4. The van der Waals surface area contributed by atoms with Crippen molar-refractivity contribution < 1.29 is 14.0 Å². The smallest absolute Gasteiger partial charge is 0.236 e. The lowest BCUT2D eigenvalue weighted by molar-refractivity contribution is -0.119. The number of carbonyl (C=O) groups excluding carboxylic acids is 2. The molecule has 6 nitrogen and oxygen atoms in total. The highest BCUT2D eigenvalue weighted by atomic mass is 16.3. The Bertz CT molecular complexity index is 640. The first-order valence-electron chi connectivity index (χ1n) is 8.28. The van der Waals surface area contributed by atoms with Crippen LogP contribution < -0.4 is 10.7 Å². The maximum Gasteiger partial charge on any atom is 0.236 e. The molecule has 0 atom stereocenters. The Kier molecular flexibility index (Phi) is 11.4. The molecule has 2 amide bonds. The van der Waals surface area contributed by atoms with Crippen molar-refractivity contribution in [2.75, 3.05) is 0 Å². The van der Waals surface area contributed by atoms with Crippen LogP contribution in [0.15, 0.2) is 45.1 Å². The van der Waals surface area contributed by atoms with E-state index in [0.717, 1.165) is 24.3 Å². The number of allylic oxidation sites excluding steroid dienone is 4. The first-order chi connectivity index (χ1) is 11.8. The van der Waals surface area contributed by atoms with Crippen molar-refractivity contribution in [2.24, 2.45) is 5.10 Å². The van der Waals surface area contributed by atoms with Gasteiger partial charge in [0, 0.05) is 19.5 Å². The lowest BCUT2D eigenvalue weighted by Crippen LogP contribution is -2.18. The number of carbonyl (C=O) groups is 2. The van der Waals surface area contributed by atoms with Crippen LogP contribution in [0, 0.1) is 6.92 Å². The van der Waals surface area contributed by atoms with Gasteiger partial charge in [-0.05, 0) is 44.9 Å². The number of hydrazone groups is 1. The highest BCUT2D eigenvalue weighted by molar-refractivity contribution is 5.79. The summed E-state index contributed by atoms with van der Waals surface area (Å²) in [6, 6.07) is 3.61. The SMILES string of the molecule is CC(=O)N/N=C/c1ccc(C)o1.CC/C(C)=C\C=C(/CC)NC(C)=O. The minimum atomic E-state index is -0.200. The minimum Gasteiger partial charge on any atom is -0.460 e. The van der Waals surface area contributed by atoms with Crippen LogP contribution in [0.25, 0.3) is 0 Å². The molecular formula is C19H29N3O3. The number of rotatable bonds is 6. The molecule has 1 rings (SSSR count). The van der Waals surface area contributed by atoms with Crippen molar-refractivity contribution in [3.05, 3.63) is 47.1 Å². The van der Waals surface area contributed by atoms with E-state index in [1.807, 2.05) is 26.0 Å². The standard InChI is InChI=1S/C11H19NO.C8H10N2O2/c1-5-9(3)7-8-11(6-2)12-10(4)13;1-6-3-4-8(12-6)5-9-10-7(2)11/h7-8H,5-6H2,1-4H3,(H,12,13);3-5H,1-2H3,(H,10,11)/b9-7-,11-8+;9-5+. The van der Waals surface area contributed by atoms with Gasteiger partial charge in [0.1, 0.15) is 11.5 Å². The van der Waals surface area contributed by atoms with Gasteiger partial charge in [0.05, 0.1) is 6.21 Å². The van der Waals surface area contributed by atoms with E-state index in [-0.39, 0.29) is 11.8 Å². The van der Waals surface area contributed by atoms with Gasteiger partial charge in [-0.3, -0.25) is 9.59 Å². The predicted octanol–water partition coefficient (Wildman–Crippen LogP) is 3.83. The molecule has 0 unspecified atom stereocenters. The molecule has 0 aromatic carbocycles. The molecule has 0 bridgehead atoms. The normalized spacial score (nSPS) is 11.8. The summed E-state index contributed by atoms with van der Waals surface area (Å²) >= 11 is 0. The van der Waals surface area contributed by atoms with Crippen molar-refractivity contribution >= 4 is 18.0 Å². The van der Waals surface area contributed by atoms with Gasteiger partial charge < -0.3 is 9.73 Å². The first kappa shape index (κ1) is 22.4. The minimum absolute atomic E-state index is 0.00403. The molecular weight excluding hydrogens is 318 g/mol. The third-order valence-electron chi connectivity index (χ3n) is 3.02. The molecule has 25 heavy (non-hydrogen) atoms. The van der Waals surface area contributed by atoms with Gasteiger partial charge in [-0.2, -0.15) is 5.10 Å². The Labute approximate surface area is 150 Å². The van der Waals surface area contributed by atoms with Crippen molar-refractivity contribution in [1.82, 2.24) is 10.7 Å². The first-order valence-corrected chi connectivity index (χ1v) is 8.28. The van der Waals surface area contributed by atoms with Crippen LogP contribution in [0.1, 0.15) is 59.0 Å². The Balaban J connectivity index is 0.000000462. The van der Waals surface area contributed by atoms with Crippen LogP contribution >= 0.6 is 0 Å². The maximum absolute atomic E-state index is 10.8. The van der Waals surface area contributed by atoms with Gasteiger partial charge >= 0.3 is 0 Å². The quantitative estimate of drug-likeness (QED) is 0.466. The lowest BCUT2D eigenvalue weighted by Gasteiger charge is -2.03. The maximum atomic E-state index is 10.8. The van der Waals surface area contributed by atoms with Gasteiger partial charge in [-0.15, -0.1) is 0 Å². The van der Waals surface area contributed by atoms with Crippen LogP contribution in [-0.4, -0.2) is 18.0 Å². The molecule has 1 aromatic rings. The zero-order chi connectivity index (χ0) is 19.2. The van der Waals surface area contributed by atoms with E-state index in [9.17, 15) is 9.59 Å². The molecule has 0 saturated heterocycles. The van der Waals surface area contributed by atoms with E-state index in [1.165, 1.54) is 25.6 Å². The van der Waals surface area contributed by atoms with Crippen molar-refractivity contribution in [3.8, 4) is 0 Å². The average Bonchev–Trinajstić information content (AvgIpc) is 2.96. The summed E-state index contributed by atoms with van der Waals surface area (Å²) in [4.78, 5) is 21.1. The van der Waals surface area contributed by atoms with E-state index in [4.69, 9.17) is 4.42 Å². The monoisotopic (exact) mass is 347 g/mol. The molecule has 0 radical (unpaired) electrons. The number of nitrogens with zero attached hydrogens (tertiary/aromatic N) is 1. The number of amides is 2. The highest BCUT2D eigenvalue weighted by Crippen LogP contribution is 2.03. The van der Waals surface area contributed by atoms with E-state index < -0.39 is 0 Å². The summed E-state index contributed by atoms with van der Waals surface area (Å²) in [6.07, 6.45) is 7.38. The summed E-state index contributed by atoms with van der Waals surface area (Å²) < 4.78 is 5.16. The number of furan rings is 1. The highest BCUT2D eigenvalue weighted by Gasteiger charge is 1.94. The van der Waals surface area contributed by atoms with E-state index in [2.05, 4.69) is 35.8 Å². The Morgan fingerprint density at radius 2 is 1.76 bits per heavy atom. The van der Waals surface area contributed by atoms with Crippen molar-refractivity contribution in [1.29, 1.82) is 0 Å². The van der Waals surface area contributed by atoms with Crippen LogP contribution in [0.3, 0.4) is 0 Å². The Morgan fingerprint density at radius 1 is 1.08 bits per heavy atom. The molecule has 0 aliphatic heterocycles. The van der Waals surface area contributed by atoms with Gasteiger partial charge in [-0.25, -0.2) is 5.43 Å². The number of nitrogens with one attached hydrogen (secondary N) is 2. The predicted molar refractivity (Wildman–Crippen MR) is 101 cm³/mol. The largest absolute Gasteiger partial charge is 0.460 e. The summed E-state index contributed by atoms with van der Waals surface area (Å²) in [6.45, 7) is 11.0. The summed E-state index contributed by atoms with van der Waals surface area (Å²) in [7, 11) is 0. The molecule has 6 heteroatoms. The zero-order valence-corrected chi connectivity index (χ0v) is 16.0. The van der Waals surface area contributed by atoms with Crippen LogP contribution in [-0.2, 0) is 9.59 Å². The van der Waals surface area contributed by atoms with E-state index >= 15 is 0 Å². The second-order valence-electron chi connectivity index (χ2n) is 5.47. The Morgan fingerprint density at radius 3 is 2.20 bits per heavy atom. The van der Waals surface area contributed by atoms with Crippen LogP contribution in [0.4, 0.5) is 0 Å². The van der Waals surface area contributed by atoms with Crippen molar-refractivity contribution in [2.45, 2.75) is 54.4 Å². The third-order valence-corrected chi connectivity index (χ3v) is 3.02. The van der Waals surface area contributed by atoms with Crippen molar-refractivity contribution in [3.63, 3.8) is 0 Å². The van der Waals surface area contributed by atoms with Gasteiger partial charge in [0.15, 0.2) is 0 Å². The zero-order valence-electron chi connectivity index (χ0n) is 16.0. The van der Waals surface area contributed by atoms with Gasteiger partial charge in [0.25, 0.3) is 0 Å². The number of aryl methyl sites for hydroxylation is 1. The molecule has 0 spiro atoms. The summed E-state index contributed by atoms with van der Waals surface area (Å²) in [5.74, 6) is 1.24. The molecule has 0 fully saturated rings. The van der Waals surface area contributed by atoms with E-state index in [0.29, 0.717) is 5.76 Å². The molecule has 0 aliphatic rings. The fraction of sp³-hybridized carbons (Fsp3) is 0.421. The molecule has 1 aromatic heterocycles. The third kappa shape index (κ3) is 12.5. The van der Waals surface area contributed by atoms with E-state index in [1.54, 1.807) is 6.07 Å². The topological polar surface area (TPSA) is 83.7 Å². The van der Waals surface area contributed by atoms with Gasteiger partial charge in [-0.1, -0.05) is 25.5 Å². The second kappa shape index (κ2) is 12.8. The fourth-order valence-electron chi connectivity index (χ4n) is 1.54. The average molecular weight is 347 g/mol. The van der Waals surface area contributed by atoms with Crippen LogP contribution in [0.5, 0.6) is 0 Å². The summed E-state index contributed by atoms with van der Waals surface area (Å²) in [5.41, 5.74) is 4.56. The molecule has 1 heterocycles. The number of hydrogen-bond donors (Lipinski definition) is 2. The van der Waals surface area contributed by atoms with Crippen LogP contribution in [0.2, 0.25) is 0 Å². The molecule has 0 saturated carbocycles. The summed E-state index contributed by atoms with van der Waals surface area (Å²) in [5, 5.41) is 6.42. The Hall–Kier alpha value is -2.63.